The second-order valence-corrected chi connectivity index (χ2v) is 6.84. The number of pyridine rings is 1. The van der Waals surface area contributed by atoms with E-state index in [0.29, 0.717) is 12.1 Å². The van der Waals surface area contributed by atoms with Crippen LogP contribution in [0.4, 0.5) is 11.4 Å². The summed E-state index contributed by atoms with van der Waals surface area (Å²) in [6, 6.07) is 9.49. The predicted octanol–water partition coefficient (Wildman–Crippen LogP) is 2.58. The van der Waals surface area contributed by atoms with E-state index in [1.54, 1.807) is 15.8 Å². The van der Waals surface area contributed by atoms with Crippen LogP contribution in [0.3, 0.4) is 0 Å². The van der Waals surface area contributed by atoms with E-state index in [1.165, 1.54) is 0 Å². The largest absolute Gasteiger partial charge is 0.324 e. The molecule has 0 bridgehead atoms. The molecule has 1 aliphatic rings. The fourth-order valence-corrected chi connectivity index (χ4v) is 3.48. The summed E-state index contributed by atoms with van der Waals surface area (Å²) >= 11 is 0. The lowest BCUT2D eigenvalue weighted by Gasteiger charge is -2.15. The Morgan fingerprint density at radius 2 is 2.04 bits per heavy atom. The van der Waals surface area contributed by atoms with Gasteiger partial charge in [-0.1, -0.05) is 12.1 Å². The lowest BCUT2D eigenvalue weighted by molar-refractivity contribution is -0.117. The Labute approximate surface area is 157 Å². The van der Waals surface area contributed by atoms with Gasteiger partial charge in [-0.25, -0.2) is 4.98 Å². The molecule has 2 aromatic heterocycles. The van der Waals surface area contributed by atoms with Crippen molar-refractivity contribution in [3.05, 3.63) is 47.8 Å². The normalized spacial score (nSPS) is 14.1. The van der Waals surface area contributed by atoms with Crippen molar-refractivity contribution in [2.75, 3.05) is 16.8 Å². The van der Waals surface area contributed by atoms with E-state index in [2.05, 4.69) is 15.4 Å². The van der Waals surface area contributed by atoms with Crippen molar-refractivity contribution < 1.29 is 9.59 Å². The van der Waals surface area contributed by atoms with Crippen molar-refractivity contribution in [2.24, 2.45) is 7.05 Å². The summed E-state index contributed by atoms with van der Waals surface area (Å²) in [5.41, 5.74) is 4.11. The number of carbonyl (C=O) groups excluding carboxylic acids is 2. The second kappa shape index (κ2) is 6.83. The van der Waals surface area contributed by atoms with Crippen LogP contribution < -0.4 is 10.2 Å². The number of nitrogens with zero attached hydrogens (tertiary/aromatic N) is 4. The van der Waals surface area contributed by atoms with Crippen LogP contribution in [0.5, 0.6) is 0 Å². The number of aromatic nitrogens is 3. The predicted molar refractivity (Wildman–Crippen MR) is 104 cm³/mol. The molecule has 0 radical (unpaired) electrons. The van der Waals surface area contributed by atoms with Gasteiger partial charge < -0.3 is 10.2 Å². The zero-order valence-corrected chi connectivity index (χ0v) is 15.4. The number of fused-ring (bicyclic) bond motifs is 1. The molecule has 7 nitrogen and oxygen atoms in total. The third-order valence-corrected chi connectivity index (χ3v) is 4.83. The Bertz CT molecular complexity index is 1020. The average molecular weight is 363 g/mol. The topological polar surface area (TPSA) is 80.1 Å². The monoisotopic (exact) mass is 363 g/mol. The minimum Gasteiger partial charge on any atom is -0.324 e. The van der Waals surface area contributed by atoms with Crippen LogP contribution in [0.25, 0.3) is 11.0 Å². The van der Waals surface area contributed by atoms with Gasteiger partial charge in [0.15, 0.2) is 5.65 Å². The SMILES string of the molecule is Cc1nn(C)c2ncc(NC(=O)Cc3ccc(N4CCCC4=O)cc3)cc12. The molecule has 0 unspecified atom stereocenters. The Morgan fingerprint density at radius 1 is 1.26 bits per heavy atom. The highest BCUT2D eigenvalue weighted by Crippen LogP contribution is 2.22. The molecule has 3 aromatic rings. The quantitative estimate of drug-likeness (QED) is 0.773. The lowest BCUT2D eigenvalue weighted by atomic mass is 10.1. The number of hydrogen-bond donors (Lipinski definition) is 1. The summed E-state index contributed by atoms with van der Waals surface area (Å²) in [6.45, 7) is 2.68. The smallest absolute Gasteiger partial charge is 0.228 e. The lowest BCUT2D eigenvalue weighted by Crippen LogP contribution is -2.23. The molecule has 1 N–H and O–H groups in total. The third kappa shape index (κ3) is 3.40. The van der Waals surface area contributed by atoms with Gasteiger partial charge in [-0.3, -0.25) is 14.3 Å². The molecular weight excluding hydrogens is 342 g/mol. The van der Waals surface area contributed by atoms with Gasteiger partial charge in [0.1, 0.15) is 0 Å². The number of rotatable bonds is 4. The van der Waals surface area contributed by atoms with Crippen LogP contribution in [0.15, 0.2) is 36.5 Å². The first kappa shape index (κ1) is 17.2. The van der Waals surface area contributed by atoms with E-state index in [9.17, 15) is 9.59 Å². The highest BCUT2D eigenvalue weighted by atomic mass is 16.2. The molecule has 1 aromatic carbocycles. The molecule has 2 amide bonds. The summed E-state index contributed by atoms with van der Waals surface area (Å²) in [4.78, 5) is 30.4. The number of hydrogen-bond acceptors (Lipinski definition) is 4. The number of benzene rings is 1. The first-order valence-electron chi connectivity index (χ1n) is 9.00. The maximum atomic E-state index is 12.4. The van der Waals surface area contributed by atoms with Crippen LogP contribution in [0, 0.1) is 6.92 Å². The molecule has 1 saturated heterocycles. The van der Waals surface area contributed by atoms with Gasteiger partial charge in [0.05, 0.1) is 24.0 Å². The fourth-order valence-electron chi connectivity index (χ4n) is 3.48. The van der Waals surface area contributed by atoms with E-state index < -0.39 is 0 Å². The maximum absolute atomic E-state index is 12.4. The first-order valence-corrected chi connectivity index (χ1v) is 9.00. The Balaban J connectivity index is 1.43. The molecule has 1 fully saturated rings. The fraction of sp³-hybridized carbons (Fsp3) is 0.300. The summed E-state index contributed by atoms with van der Waals surface area (Å²) in [5, 5.41) is 8.16. The van der Waals surface area contributed by atoms with Gasteiger partial charge in [0.25, 0.3) is 0 Å². The zero-order valence-electron chi connectivity index (χ0n) is 15.4. The molecule has 4 rings (SSSR count). The van der Waals surface area contributed by atoms with Crippen molar-refractivity contribution in [1.82, 2.24) is 14.8 Å². The van der Waals surface area contributed by atoms with E-state index in [4.69, 9.17) is 0 Å². The minimum atomic E-state index is -0.109. The van der Waals surface area contributed by atoms with Crippen LogP contribution in [-0.4, -0.2) is 33.1 Å². The molecule has 0 aliphatic carbocycles. The number of amides is 2. The van der Waals surface area contributed by atoms with Crippen LogP contribution in [0.1, 0.15) is 24.1 Å². The van der Waals surface area contributed by atoms with Crippen molar-refractivity contribution in [3.63, 3.8) is 0 Å². The van der Waals surface area contributed by atoms with Crippen LogP contribution >= 0.6 is 0 Å². The van der Waals surface area contributed by atoms with Gasteiger partial charge in [-0.15, -0.1) is 0 Å². The molecule has 3 heterocycles. The van der Waals surface area contributed by atoms with E-state index in [0.717, 1.165) is 40.9 Å². The minimum absolute atomic E-state index is 0.109. The third-order valence-electron chi connectivity index (χ3n) is 4.83. The van der Waals surface area contributed by atoms with Gasteiger partial charge in [0.2, 0.25) is 11.8 Å². The standard InChI is InChI=1S/C20H21N5O2/c1-13-17-11-15(12-21-20(17)24(2)23-13)22-18(26)10-14-5-7-16(8-6-14)25-9-3-4-19(25)27/h5-8,11-12H,3-4,9-10H2,1-2H3,(H,22,26). The Morgan fingerprint density at radius 3 is 2.74 bits per heavy atom. The molecule has 138 valence electrons. The maximum Gasteiger partial charge on any atom is 0.228 e. The number of nitrogens with one attached hydrogen (secondary N) is 1. The van der Waals surface area contributed by atoms with E-state index in [1.807, 2.05) is 44.3 Å². The van der Waals surface area contributed by atoms with Crippen molar-refractivity contribution in [2.45, 2.75) is 26.2 Å². The number of carbonyl (C=O) groups is 2. The molecule has 27 heavy (non-hydrogen) atoms. The van der Waals surface area contributed by atoms with Crippen LogP contribution in [0.2, 0.25) is 0 Å². The van der Waals surface area contributed by atoms with Crippen molar-refractivity contribution in [3.8, 4) is 0 Å². The highest BCUT2D eigenvalue weighted by Gasteiger charge is 2.21. The van der Waals surface area contributed by atoms with Crippen molar-refractivity contribution >= 4 is 34.2 Å². The van der Waals surface area contributed by atoms with Gasteiger partial charge in [-0.2, -0.15) is 5.10 Å². The van der Waals surface area contributed by atoms with Crippen molar-refractivity contribution in [1.29, 1.82) is 0 Å². The molecule has 1 aliphatic heterocycles. The molecule has 0 atom stereocenters. The Kier molecular flexibility index (Phi) is 4.35. The van der Waals surface area contributed by atoms with Crippen LogP contribution in [-0.2, 0) is 23.1 Å². The Hall–Kier alpha value is -3.22. The van der Waals surface area contributed by atoms with E-state index >= 15 is 0 Å². The molecule has 0 saturated carbocycles. The average Bonchev–Trinajstić information content (AvgIpc) is 3.19. The second-order valence-electron chi connectivity index (χ2n) is 6.84. The molecule has 7 heteroatoms. The van der Waals surface area contributed by atoms with Gasteiger partial charge in [-0.05, 0) is 37.1 Å². The molecular formula is C20H21N5O2. The number of aryl methyl sites for hydroxylation is 2. The summed E-state index contributed by atoms with van der Waals surface area (Å²) in [7, 11) is 1.85. The summed E-state index contributed by atoms with van der Waals surface area (Å²) in [5.74, 6) is 0.0526. The zero-order chi connectivity index (χ0) is 19.0. The highest BCUT2D eigenvalue weighted by molar-refractivity contribution is 5.96. The number of anilines is 2. The van der Waals surface area contributed by atoms with Gasteiger partial charge >= 0.3 is 0 Å². The van der Waals surface area contributed by atoms with E-state index in [-0.39, 0.29) is 18.2 Å². The summed E-state index contributed by atoms with van der Waals surface area (Å²) < 4.78 is 1.73. The molecule has 0 spiro atoms. The summed E-state index contributed by atoms with van der Waals surface area (Å²) in [6.07, 6.45) is 3.42. The van der Waals surface area contributed by atoms with Gasteiger partial charge in [0, 0.05) is 31.1 Å². The first-order chi connectivity index (χ1) is 13.0.